The van der Waals surface area contributed by atoms with Gasteiger partial charge >= 0.3 is 0 Å². The smallest absolute Gasteiger partial charge is 0.256 e. The van der Waals surface area contributed by atoms with Crippen molar-refractivity contribution in [3.8, 4) is 0 Å². The Balaban J connectivity index is 1.79. The molecule has 0 unspecified atom stereocenters. The van der Waals surface area contributed by atoms with Crippen LogP contribution in [0, 0.1) is 0 Å². The first-order chi connectivity index (χ1) is 10.2. The Hall–Kier alpha value is -1.91. The number of fused-ring (bicyclic) bond motifs is 1. The summed E-state index contributed by atoms with van der Waals surface area (Å²) >= 11 is 5.87. The first-order valence-electron chi connectivity index (χ1n) is 6.79. The number of rotatable bonds is 4. The number of nitrogens with zero attached hydrogens (tertiary/aromatic N) is 2. The van der Waals surface area contributed by atoms with Gasteiger partial charge in [0, 0.05) is 11.2 Å². The molecule has 0 aliphatic carbocycles. The quantitative estimate of drug-likeness (QED) is 0.943. The summed E-state index contributed by atoms with van der Waals surface area (Å²) in [5, 5.41) is 10.3. The van der Waals surface area contributed by atoms with E-state index in [1.54, 1.807) is 23.2 Å². The van der Waals surface area contributed by atoms with Crippen molar-refractivity contribution < 1.29 is 9.90 Å². The zero-order chi connectivity index (χ0) is 14.8. The van der Waals surface area contributed by atoms with Gasteiger partial charge in [-0.2, -0.15) is 0 Å². The molecule has 0 saturated heterocycles. The fourth-order valence-corrected chi connectivity index (χ4v) is 2.73. The van der Waals surface area contributed by atoms with E-state index in [1.807, 2.05) is 24.3 Å². The maximum absolute atomic E-state index is 12.4. The number of hydrogen-bond donors (Lipinski definition) is 1. The van der Waals surface area contributed by atoms with Crippen LogP contribution in [0.1, 0.15) is 21.6 Å². The van der Waals surface area contributed by atoms with Gasteiger partial charge in [0.2, 0.25) is 0 Å². The van der Waals surface area contributed by atoms with Gasteiger partial charge in [-0.15, -0.1) is 0 Å². The molecule has 1 aliphatic heterocycles. The Bertz CT molecular complexity index is 658. The highest BCUT2D eigenvalue weighted by Gasteiger charge is 2.33. The Labute approximate surface area is 128 Å². The van der Waals surface area contributed by atoms with Crippen LogP contribution in [0.4, 0.5) is 0 Å². The lowest BCUT2D eigenvalue weighted by Crippen LogP contribution is -2.39. The molecule has 0 bridgehead atoms. The highest BCUT2D eigenvalue weighted by Crippen LogP contribution is 2.24. The summed E-state index contributed by atoms with van der Waals surface area (Å²) in [7, 11) is 0. The number of aliphatic hydroxyl groups excluding tert-OH is 1. The third-order valence-electron chi connectivity index (χ3n) is 3.74. The molecular formula is C16H15ClN2O2. The molecule has 1 aromatic heterocycles. The van der Waals surface area contributed by atoms with Gasteiger partial charge in [0.05, 0.1) is 30.5 Å². The Morgan fingerprint density at radius 2 is 2.05 bits per heavy atom. The number of aliphatic hydroxyl groups is 1. The van der Waals surface area contributed by atoms with Crippen LogP contribution in [0.3, 0.4) is 0 Å². The van der Waals surface area contributed by atoms with Crippen molar-refractivity contribution in [2.24, 2.45) is 0 Å². The molecule has 1 amide bonds. The van der Waals surface area contributed by atoms with Gasteiger partial charge in [0.15, 0.2) is 0 Å². The molecule has 0 radical (unpaired) electrons. The molecule has 2 aromatic rings. The average molecular weight is 303 g/mol. The van der Waals surface area contributed by atoms with E-state index >= 15 is 0 Å². The third-order valence-corrected chi connectivity index (χ3v) is 3.99. The standard InChI is InChI=1S/C16H15ClN2O2/c17-12-5-3-11(4-6-12)8-13(10-20)19-9-15-14(16(19)21)2-1-7-18-15/h1-7,13,20H,8-10H2/t13-/m0/s1. The lowest BCUT2D eigenvalue weighted by Gasteiger charge is -2.26. The number of benzene rings is 1. The highest BCUT2D eigenvalue weighted by molar-refractivity contribution is 6.30. The number of carbonyl (C=O) groups is 1. The second-order valence-electron chi connectivity index (χ2n) is 5.10. The fraction of sp³-hybridized carbons (Fsp3) is 0.250. The van der Waals surface area contributed by atoms with Crippen LogP contribution in [0.25, 0.3) is 0 Å². The van der Waals surface area contributed by atoms with Gasteiger partial charge in [-0.3, -0.25) is 9.78 Å². The molecule has 0 saturated carbocycles. The molecule has 0 spiro atoms. The van der Waals surface area contributed by atoms with E-state index in [-0.39, 0.29) is 18.6 Å². The minimum Gasteiger partial charge on any atom is -0.394 e. The van der Waals surface area contributed by atoms with Gasteiger partial charge in [0.25, 0.3) is 5.91 Å². The fourth-order valence-electron chi connectivity index (χ4n) is 2.61. The maximum Gasteiger partial charge on any atom is 0.256 e. The first kappa shape index (κ1) is 14.0. The van der Waals surface area contributed by atoms with Crippen molar-refractivity contribution >= 4 is 17.5 Å². The van der Waals surface area contributed by atoms with Crippen LogP contribution in [-0.2, 0) is 13.0 Å². The van der Waals surface area contributed by atoms with Gasteiger partial charge in [-0.05, 0) is 36.2 Å². The van der Waals surface area contributed by atoms with Crippen molar-refractivity contribution in [3.05, 3.63) is 64.4 Å². The van der Waals surface area contributed by atoms with Gasteiger partial charge < -0.3 is 10.0 Å². The predicted molar refractivity (Wildman–Crippen MR) is 80.1 cm³/mol. The van der Waals surface area contributed by atoms with Gasteiger partial charge in [-0.25, -0.2) is 0 Å². The van der Waals surface area contributed by atoms with E-state index in [4.69, 9.17) is 11.6 Å². The predicted octanol–water partition coefficient (Wildman–Crippen LogP) is 2.29. The minimum atomic E-state index is -0.257. The van der Waals surface area contributed by atoms with E-state index in [1.165, 1.54) is 0 Å². The summed E-state index contributed by atoms with van der Waals surface area (Å²) in [5.41, 5.74) is 2.44. The molecule has 4 nitrogen and oxygen atoms in total. The summed E-state index contributed by atoms with van der Waals surface area (Å²) < 4.78 is 0. The Morgan fingerprint density at radius 3 is 2.71 bits per heavy atom. The summed E-state index contributed by atoms with van der Waals surface area (Å²) in [6.07, 6.45) is 2.27. The van der Waals surface area contributed by atoms with E-state index in [0.717, 1.165) is 11.3 Å². The number of carbonyl (C=O) groups excluding carboxylic acids is 1. The number of halogens is 1. The molecule has 1 aromatic carbocycles. The van der Waals surface area contributed by atoms with Crippen molar-refractivity contribution in [2.45, 2.75) is 19.0 Å². The van der Waals surface area contributed by atoms with E-state index in [2.05, 4.69) is 4.98 Å². The molecule has 1 N–H and O–H groups in total. The second kappa shape index (κ2) is 5.84. The normalized spacial score (nSPS) is 15.1. The number of amides is 1. The molecular weight excluding hydrogens is 288 g/mol. The number of pyridine rings is 1. The van der Waals surface area contributed by atoms with Crippen molar-refractivity contribution in [1.82, 2.24) is 9.88 Å². The molecule has 5 heteroatoms. The van der Waals surface area contributed by atoms with Crippen LogP contribution < -0.4 is 0 Å². The lowest BCUT2D eigenvalue weighted by atomic mass is 10.1. The maximum atomic E-state index is 12.4. The van der Waals surface area contributed by atoms with Crippen LogP contribution in [-0.4, -0.2) is 33.5 Å². The molecule has 0 fully saturated rings. The van der Waals surface area contributed by atoms with Crippen molar-refractivity contribution in [3.63, 3.8) is 0 Å². The number of hydrogen-bond acceptors (Lipinski definition) is 3. The van der Waals surface area contributed by atoms with E-state index in [0.29, 0.717) is 23.6 Å². The van der Waals surface area contributed by atoms with Crippen LogP contribution in [0.15, 0.2) is 42.6 Å². The van der Waals surface area contributed by atoms with Gasteiger partial charge in [0.1, 0.15) is 0 Å². The van der Waals surface area contributed by atoms with Crippen LogP contribution in [0.2, 0.25) is 5.02 Å². The van der Waals surface area contributed by atoms with E-state index in [9.17, 15) is 9.90 Å². The average Bonchev–Trinajstić information content (AvgIpc) is 2.84. The summed E-state index contributed by atoms with van der Waals surface area (Å²) in [6, 6.07) is 10.7. The summed E-state index contributed by atoms with van der Waals surface area (Å²) in [6.45, 7) is 0.371. The monoisotopic (exact) mass is 302 g/mol. The van der Waals surface area contributed by atoms with Crippen molar-refractivity contribution in [2.75, 3.05) is 6.61 Å². The molecule has 2 heterocycles. The number of aromatic nitrogens is 1. The van der Waals surface area contributed by atoms with E-state index < -0.39 is 0 Å². The second-order valence-corrected chi connectivity index (χ2v) is 5.53. The zero-order valence-corrected chi connectivity index (χ0v) is 12.1. The molecule has 1 atom stereocenters. The lowest BCUT2D eigenvalue weighted by molar-refractivity contribution is 0.0616. The molecule has 21 heavy (non-hydrogen) atoms. The third kappa shape index (κ3) is 2.77. The van der Waals surface area contributed by atoms with Crippen molar-refractivity contribution in [1.29, 1.82) is 0 Å². The van der Waals surface area contributed by atoms with Crippen LogP contribution >= 0.6 is 11.6 Å². The molecule has 108 valence electrons. The summed E-state index contributed by atoms with van der Waals surface area (Å²) in [4.78, 5) is 18.3. The summed E-state index contributed by atoms with van der Waals surface area (Å²) in [5.74, 6) is -0.0638. The molecule has 3 rings (SSSR count). The zero-order valence-electron chi connectivity index (χ0n) is 11.4. The largest absolute Gasteiger partial charge is 0.394 e. The highest BCUT2D eigenvalue weighted by atomic mass is 35.5. The Kier molecular flexibility index (Phi) is 3.90. The minimum absolute atomic E-state index is 0.0638. The van der Waals surface area contributed by atoms with Crippen LogP contribution in [0.5, 0.6) is 0 Å². The SMILES string of the molecule is O=C1c2cccnc2CN1[C@H](CO)Cc1ccc(Cl)cc1. The molecule has 1 aliphatic rings. The van der Waals surface area contributed by atoms with Gasteiger partial charge in [-0.1, -0.05) is 23.7 Å². The first-order valence-corrected chi connectivity index (χ1v) is 7.17. The Morgan fingerprint density at radius 1 is 1.29 bits per heavy atom. The topological polar surface area (TPSA) is 53.4 Å².